The number of nitrogens with one attached hydrogen (secondary N) is 1. The number of carbonyl (C=O) groups is 1. The lowest BCUT2D eigenvalue weighted by Crippen LogP contribution is -2.34. The van der Waals surface area contributed by atoms with Crippen LogP contribution in [0.15, 0.2) is 24.5 Å². The van der Waals surface area contributed by atoms with Crippen molar-refractivity contribution in [1.82, 2.24) is 19.8 Å². The Labute approximate surface area is 100 Å². The molecule has 2 amide bonds. The summed E-state index contributed by atoms with van der Waals surface area (Å²) in [7, 11) is 5.36. The van der Waals surface area contributed by atoms with Crippen molar-refractivity contribution in [2.75, 3.05) is 14.1 Å². The number of hydrogen-bond donors (Lipinski definition) is 1. The average Bonchev–Trinajstić information content (AvgIpc) is 2.69. The molecule has 0 unspecified atom stereocenters. The number of carbonyl (C=O) groups excluding carboxylic acids is 1. The van der Waals surface area contributed by atoms with E-state index >= 15 is 0 Å². The number of hydrogen-bond acceptors (Lipinski definition) is 2. The first-order valence-corrected chi connectivity index (χ1v) is 5.44. The zero-order chi connectivity index (χ0) is 12.4. The van der Waals surface area contributed by atoms with Gasteiger partial charge in [-0.2, -0.15) is 0 Å². The van der Waals surface area contributed by atoms with Crippen molar-refractivity contribution >= 4 is 17.1 Å². The fourth-order valence-corrected chi connectivity index (χ4v) is 1.82. The SMILES string of the molecule is CNC(=O)N(C)Cc1ccc2c(c1)ncn2C. The molecule has 2 aromatic rings. The van der Waals surface area contributed by atoms with Crippen molar-refractivity contribution < 1.29 is 4.79 Å². The van der Waals surface area contributed by atoms with Crippen LogP contribution in [0.4, 0.5) is 4.79 Å². The molecule has 17 heavy (non-hydrogen) atoms. The highest BCUT2D eigenvalue weighted by molar-refractivity contribution is 5.76. The van der Waals surface area contributed by atoms with Gasteiger partial charge in [0.05, 0.1) is 17.4 Å². The number of aromatic nitrogens is 2. The molecule has 0 saturated heterocycles. The normalized spacial score (nSPS) is 10.5. The van der Waals surface area contributed by atoms with Gasteiger partial charge in [0.25, 0.3) is 0 Å². The first-order chi connectivity index (χ1) is 8.11. The van der Waals surface area contributed by atoms with Crippen LogP contribution < -0.4 is 5.32 Å². The van der Waals surface area contributed by atoms with Gasteiger partial charge < -0.3 is 14.8 Å². The largest absolute Gasteiger partial charge is 0.341 e. The van der Waals surface area contributed by atoms with Crippen LogP contribution >= 0.6 is 0 Å². The number of fused-ring (bicyclic) bond motifs is 1. The molecule has 0 bridgehead atoms. The Bertz CT molecular complexity index is 546. The van der Waals surface area contributed by atoms with E-state index in [0.717, 1.165) is 16.6 Å². The van der Waals surface area contributed by atoms with Gasteiger partial charge in [-0.3, -0.25) is 0 Å². The van der Waals surface area contributed by atoms with Crippen LogP contribution in [0.2, 0.25) is 0 Å². The minimum Gasteiger partial charge on any atom is -0.341 e. The topological polar surface area (TPSA) is 50.2 Å². The summed E-state index contributed by atoms with van der Waals surface area (Å²) in [6.07, 6.45) is 1.79. The minimum atomic E-state index is -0.0916. The van der Waals surface area contributed by atoms with Crippen LogP contribution in [0.3, 0.4) is 0 Å². The standard InChI is InChI=1S/C12H16N4O/c1-13-12(17)15(2)7-9-4-5-11-10(6-9)14-8-16(11)3/h4-6,8H,7H2,1-3H3,(H,13,17). The quantitative estimate of drug-likeness (QED) is 0.849. The van der Waals surface area contributed by atoms with Crippen LogP contribution in [0.5, 0.6) is 0 Å². The van der Waals surface area contributed by atoms with Gasteiger partial charge in [-0.1, -0.05) is 6.07 Å². The summed E-state index contributed by atoms with van der Waals surface area (Å²) in [6.45, 7) is 0.576. The summed E-state index contributed by atoms with van der Waals surface area (Å²) >= 11 is 0. The van der Waals surface area contributed by atoms with E-state index in [1.54, 1.807) is 25.3 Å². The van der Waals surface area contributed by atoms with Crippen LogP contribution in [0.25, 0.3) is 11.0 Å². The summed E-state index contributed by atoms with van der Waals surface area (Å²) in [6, 6.07) is 5.96. The van der Waals surface area contributed by atoms with E-state index < -0.39 is 0 Å². The third-order valence-electron chi connectivity index (χ3n) is 2.77. The molecule has 0 aliphatic heterocycles. The number of rotatable bonds is 2. The lowest BCUT2D eigenvalue weighted by molar-refractivity contribution is 0.209. The maximum atomic E-state index is 11.4. The first kappa shape index (κ1) is 11.4. The van der Waals surface area contributed by atoms with Gasteiger partial charge in [0.1, 0.15) is 0 Å². The van der Waals surface area contributed by atoms with Crippen LogP contribution in [0.1, 0.15) is 5.56 Å². The third-order valence-corrected chi connectivity index (χ3v) is 2.77. The van der Waals surface area contributed by atoms with Crippen molar-refractivity contribution in [3.8, 4) is 0 Å². The average molecular weight is 232 g/mol. The molecule has 0 atom stereocenters. The maximum absolute atomic E-state index is 11.4. The van der Waals surface area contributed by atoms with Gasteiger partial charge in [-0.05, 0) is 17.7 Å². The van der Waals surface area contributed by atoms with Crippen molar-refractivity contribution in [3.05, 3.63) is 30.1 Å². The summed E-state index contributed by atoms with van der Waals surface area (Å²) in [5, 5.41) is 2.59. The van der Waals surface area contributed by atoms with E-state index in [4.69, 9.17) is 0 Å². The highest BCUT2D eigenvalue weighted by Crippen LogP contribution is 2.14. The number of benzene rings is 1. The van der Waals surface area contributed by atoms with Crippen LogP contribution in [0, 0.1) is 0 Å². The Balaban J connectivity index is 2.22. The molecule has 5 nitrogen and oxygen atoms in total. The molecule has 1 aromatic heterocycles. The van der Waals surface area contributed by atoms with E-state index in [2.05, 4.69) is 10.3 Å². The molecular weight excluding hydrogens is 216 g/mol. The van der Waals surface area contributed by atoms with Crippen LogP contribution in [-0.4, -0.2) is 34.6 Å². The van der Waals surface area contributed by atoms with E-state index in [1.165, 1.54) is 0 Å². The molecule has 90 valence electrons. The summed E-state index contributed by atoms with van der Waals surface area (Å²) in [4.78, 5) is 17.3. The van der Waals surface area contributed by atoms with Gasteiger partial charge in [-0.25, -0.2) is 9.78 Å². The Morgan fingerprint density at radius 1 is 1.53 bits per heavy atom. The zero-order valence-electron chi connectivity index (χ0n) is 10.3. The van der Waals surface area contributed by atoms with E-state index in [0.29, 0.717) is 6.54 Å². The molecule has 5 heteroatoms. The fourth-order valence-electron chi connectivity index (χ4n) is 1.82. The van der Waals surface area contributed by atoms with E-state index in [-0.39, 0.29) is 6.03 Å². The van der Waals surface area contributed by atoms with Crippen molar-refractivity contribution in [1.29, 1.82) is 0 Å². The number of aryl methyl sites for hydroxylation is 1. The second-order valence-corrected chi connectivity index (χ2v) is 4.09. The number of nitrogens with zero attached hydrogens (tertiary/aromatic N) is 3. The lowest BCUT2D eigenvalue weighted by atomic mass is 10.2. The monoisotopic (exact) mass is 232 g/mol. The molecule has 0 aliphatic carbocycles. The van der Waals surface area contributed by atoms with Crippen molar-refractivity contribution in [2.24, 2.45) is 7.05 Å². The highest BCUT2D eigenvalue weighted by atomic mass is 16.2. The molecule has 0 radical (unpaired) electrons. The third kappa shape index (κ3) is 2.22. The number of urea groups is 1. The molecule has 1 N–H and O–H groups in total. The van der Waals surface area contributed by atoms with Gasteiger partial charge in [0, 0.05) is 27.7 Å². The van der Waals surface area contributed by atoms with Gasteiger partial charge in [0.2, 0.25) is 0 Å². The molecule has 0 aliphatic rings. The molecular formula is C12H16N4O. The smallest absolute Gasteiger partial charge is 0.317 e. The van der Waals surface area contributed by atoms with Gasteiger partial charge in [0.15, 0.2) is 0 Å². The molecule has 2 rings (SSSR count). The molecule has 1 heterocycles. The summed E-state index contributed by atoms with van der Waals surface area (Å²) in [5.41, 5.74) is 3.12. The zero-order valence-corrected chi connectivity index (χ0v) is 10.3. The Morgan fingerprint density at radius 2 is 2.29 bits per heavy atom. The summed E-state index contributed by atoms with van der Waals surface area (Å²) < 4.78 is 1.97. The van der Waals surface area contributed by atoms with E-state index in [9.17, 15) is 4.79 Å². The van der Waals surface area contributed by atoms with E-state index in [1.807, 2.05) is 29.8 Å². The Kier molecular flexibility index (Phi) is 2.99. The predicted octanol–water partition coefficient (Wildman–Crippen LogP) is 1.34. The highest BCUT2D eigenvalue weighted by Gasteiger charge is 2.07. The van der Waals surface area contributed by atoms with Gasteiger partial charge >= 0.3 is 6.03 Å². The lowest BCUT2D eigenvalue weighted by Gasteiger charge is -2.16. The number of amides is 2. The first-order valence-electron chi connectivity index (χ1n) is 5.44. The Hall–Kier alpha value is -2.04. The second-order valence-electron chi connectivity index (χ2n) is 4.09. The molecule has 1 aromatic carbocycles. The van der Waals surface area contributed by atoms with Crippen LogP contribution in [-0.2, 0) is 13.6 Å². The van der Waals surface area contributed by atoms with Crippen molar-refractivity contribution in [3.63, 3.8) is 0 Å². The maximum Gasteiger partial charge on any atom is 0.317 e. The van der Waals surface area contributed by atoms with Gasteiger partial charge in [-0.15, -0.1) is 0 Å². The predicted molar refractivity (Wildman–Crippen MR) is 66.6 cm³/mol. The second kappa shape index (κ2) is 4.45. The summed E-state index contributed by atoms with van der Waals surface area (Å²) in [5.74, 6) is 0. The fraction of sp³-hybridized carbons (Fsp3) is 0.333. The Morgan fingerprint density at radius 3 is 3.00 bits per heavy atom. The molecule has 0 saturated carbocycles. The minimum absolute atomic E-state index is 0.0916. The molecule has 0 spiro atoms. The molecule has 0 fully saturated rings. The van der Waals surface area contributed by atoms with Crippen molar-refractivity contribution in [2.45, 2.75) is 6.54 Å². The number of imidazole rings is 1.